The highest BCUT2D eigenvalue weighted by Gasteiger charge is 2.37. The molecule has 3 rings (SSSR count). The van der Waals surface area contributed by atoms with Crippen LogP contribution in [-0.2, 0) is 13.1 Å². The Labute approximate surface area is 120 Å². The van der Waals surface area contributed by atoms with Crippen LogP contribution in [0.4, 0.5) is 0 Å². The molecule has 0 spiro atoms. The predicted molar refractivity (Wildman–Crippen MR) is 78.5 cm³/mol. The van der Waals surface area contributed by atoms with Crippen molar-refractivity contribution in [2.75, 3.05) is 0 Å². The molecule has 0 aromatic heterocycles. The first-order valence-electron chi connectivity index (χ1n) is 6.91. The Morgan fingerprint density at radius 3 is 2.95 bits per heavy atom. The summed E-state index contributed by atoms with van der Waals surface area (Å²) in [6, 6.07) is 6.46. The van der Waals surface area contributed by atoms with Crippen molar-refractivity contribution in [2.24, 2.45) is 5.92 Å². The largest absolute Gasteiger partial charge is 0.349 e. The SMILES string of the molecule is CCCC1CC1NC(=O)c1ccc2c(c1)CNC2.Cl. The van der Waals surface area contributed by atoms with Gasteiger partial charge in [-0.05, 0) is 42.0 Å². The van der Waals surface area contributed by atoms with Gasteiger partial charge in [-0.3, -0.25) is 4.79 Å². The number of amides is 1. The number of fused-ring (bicyclic) bond motifs is 1. The lowest BCUT2D eigenvalue weighted by molar-refractivity contribution is 0.0948. The van der Waals surface area contributed by atoms with Crippen LogP contribution in [0, 0.1) is 5.92 Å². The molecule has 2 N–H and O–H groups in total. The summed E-state index contributed by atoms with van der Waals surface area (Å²) in [4.78, 5) is 12.1. The lowest BCUT2D eigenvalue weighted by Crippen LogP contribution is -2.26. The zero-order valence-corrected chi connectivity index (χ0v) is 12.1. The number of nitrogens with one attached hydrogen (secondary N) is 2. The second-order valence-electron chi connectivity index (χ2n) is 5.45. The standard InChI is InChI=1S/C15H20N2O.ClH/c1-2-3-10-7-14(10)17-15(18)11-4-5-12-8-16-9-13(12)6-11;/h4-6,10,14,16H,2-3,7-9H2,1H3,(H,17,18);1H. The zero-order chi connectivity index (χ0) is 12.5. The van der Waals surface area contributed by atoms with Gasteiger partial charge in [0.15, 0.2) is 0 Å². The van der Waals surface area contributed by atoms with Crippen LogP contribution >= 0.6 is 12.4 Å². The molecule has 1 aliphatic heterocycles. The minimum absolute atomic E-state index is 0. The van der Waals surface area contributed by atoms with Crippen LogP contribution in [0.3, 0.4) is 0 Å². The average Bonchev–Trinajstić information content (AvgIpc) is 2.92. The maximum absolute atomic E-state index is 12.1. The fourth-order valence-corrected chi connectivity index (χ4v) is 2.80. The number of halogens is 1. The van der Waals surface area contributed by atoms with Crippen molar-refractivity contribution in [3.8, 4) is 0 Å². The normalized spacial score (nSPS) is 23.4. The summed E-state index contributed by atoms with van der Waals surface area (Å²) in [5, 5.41) is 6.44. The Morgan fingerprint density at radius 2 is 2.16 bits per heavy atom. The maximum Gasteiger partial charge on any atom is 0.251 e. The molecule has 2 aliphatic rings. The molecule has 1 fully saturated rings. The molecular formula is C15H21ClN2O. The first-order chi connectivity index (χ1) is 8.78. The maximum atomic E-state index is 12.1. The van der Waals surface area contributed by atoms with Crippen molar-refractivity contribution in [1.82, 2.24) is 10.6 Å². The first-order valence-corrected chi connectivity index (χ1v) is 6.91. The van der Waals surface area contributed by atoms with Gasteiger partial charge in [-0.2, -0.15) is 0 Å². The van der Waals surface area contributed by atoms with E-state index >= 15 is 0 Å². The lowest BCUT2D eigenvalue weighted by Gasteiger charge is -2.06. The third-order valence-corrected chi connectivity index (χ3v) is 4.00. The van der Waals surface area contributed by atoms with E-state index in [1.807, 2.05) is 12.1 Å². The van der Waals surface area contributed by atoms with E-state index in [-0.39, 0.29) is 18.3 Å². The minimum Gasteiger partial charge on any atom is -0.349 e. The van der Waals surface area contributed by atoms with Gasteiger partial charge < -0.3 is 10.6 Å². The van der Waals surface area contributed by atoms with Gasteiger partial charge in [0.25, 0.3) is 5.91 Å². The lowest BCUT2D eigenvalue weighted by atomic mass is 10.1. The molecule has 0 saturated heterocycles. The highest BCUT2D eigenvalue weighted by Crippen LogP contribution is 2.34. The van der Waals surface area contributed by atoms with E-state index in [0.29, 0.717) is 6.04 Å². The number of hydrogen-bond acceptors (Lipinski definition) is 2. The Hall–Kier alpha value is -1.06. The van der Waals surface area contributed by atoms with Gasteiger partial charge in [0, 0.05) is 24.7 Å². The van der Waals surface area contributed by atoms with E-state index < -0.39 is 0 Å². The molecule has 1 amide bonds. The minimum atomic E-state index is 0. The molecule has 2 atom stereocenters. The molecule has 19 heavy (non-hydrogen) atoms. The Morgan fingerprint density at radius 1 is 1.37 bits per heavy atom. The van der Waals surface area contributed by atoms with Gasteiger partial charge in [0.05, 0.1) is 0 Å². The van der Waals surface area contributed by atoms with Gasteiger partial charge >= 0.3 is 0 Å². The summed E-state index contributed by atoms with van der Waals surface area (Å²) < 4.78 is 0. The Kier molecular flexibility index (Phi) is 4.48. The summed E-state index contributed by atoms with van der Waals surface area (Å²) >= 11 is 0. The van der Waals surface area contributed by atoms with Crippen molar-refractivity contribution in [1.29, 1.82) is 0 Å². The summed E-state index contributed by atoms with van der Waals surface area (Å²) in [5.41, 5.74) is 3.39. The molecule has 0 bridgehead atoms. The van der Waals surface area contributed by atoms with E-state index in [2.05, 4.69) is 23.6 Å². The van der Waals surface area contributed by atoms with Gasteiger partial charge in [-0.25, -0.2) is 0 Å². The van der Waals surface area contributed by atoms with Crippen molar-refractivity contribution < 1.29 is 4.79 Å². The first kappa shape index (κ1) is 14.4. The van der Waals surface area contributed by atoms with Crippen molar-refractivity contribution in [3.63, 3.8) is 0 Å². The smallest absolute Gasteiger partial charge is 0.251 e. The summed E-state index contributed by atoms with van der Waals surface area (Å²) in [7, 11) is 0. The molecule has 104 valence electrons. The Balaban J connectivity index is 0.00000133. The van der Waals surface area contributed by atoms with Crippen LogP contribution in [0.15, 0.2) is 18.2 Å². The average molecular weight is 281 g/mol. The van der Waals surface area contributed by atoms with Crippen LogP contribution in [0.25, 0.3) is 0 Å². The summed E-state index contributed by atoms with van der Waals surface area (Å²) in [6.07, 6.45) is 3.60. The van der Waals surface area contributed by atoms with Gasteiger partial charge in [0.1, 0.15) is 0 Å². The molecule has 1 aromatic rings. The fourth-order valence-electron chi connectivity index (χ4n) is 2.80. The molecule has 1 heterocycles. The number of hydrogen-bond donors (Lipinski definition) is 2. The van der Waals surface area contributed by atoms with E-state index in [1.165, 1.54) is 24.0 Å². The molecular weight excluding hydrogens is 260 g/mol. The second kappa shape index (κ2) is 5.93. The summed E-state index contributed by atoms with van der Waals surface area (Å²) in [5.74, 6) is 0.809. The zero-order valence-electron chi connectivity index (χ0n) is 11.2. The highest BCUT2D eigenvalue weighted by molar-refractivity contribution is 5.94. The number of carbonyl (C=O) groups is 1. The van der Waals surface area contributed by atoms with E-state index in [4.69, 9.17) is 0 Å². The molecule has 2 unspecified atom stereocenters. The number of benzene rings is 1. The van der Waals surface area contributed by atoms with Crippen molar-refractivity contribution >= 4 is 18.3 Å². The molecule has 3 nitrogen and oxygen atoms in total. The van der Waals surface area contributed by atoms with E-state index in [1.54, 1.807) is 0 Å². The molecule has 4 heteroatoms. The monoisotopic (exact) mass is 280 g/mol. The van der Waals surface area contributed by atoms with Crippen molar-refractivity contribution in [3.05, 3.63) is 34.9 Å². The second-order valence-corrected chi connectivity index (χ2v) is 5.45. The van der Waals surface area contributed by atoms with E-state index in [9.17, 15) is 4.79 Å². The summed E-state index contributed by atoms with van der Waals surface area (Å²) in [6.45, 7) is 4.02. The number of rotatable bonds is 4. The van der Waals surface area contributed by atoms with Crippen LogP contribution in [0.5, 0.6) is 0 Å². The van der Waals surface area contributed by atoms with Crippen LogP contribution in [0.2, 0.25) is 0 Å². The van der Waals surface area contributed by atoms with Crippen LogP contribution < -0.4 is 10.6 Å². The third kappa shape index (κ3) is 3.10. The molecule has 1 saturated carbocycles. The highest BCUT2D eigenvalue weighted by atomic mass is 35.5. The van der Waals surface area contributed by atoms with Gasteiger partial charge in [0.2, 0.25) is 0 Å². The third-order valence-electron chi connectivity index (χ3n) is 4.00. The van der Waals surface area contributed by atoms with Crippen molar-refractivity contribution in [2.45, 2.75) is 45.3 Å². The van der Waals surface area contributed by atoms with Crippen LogP contribution in [-0.4, -0.2) is 11.9 Å². The molecule has 1 aromatic carbocycles. The fraction of sp³-hybridized carbons (Fsp3) is 0.533. The topological polar surface area (TPSA) is 41.1 Å². The number of carbonyl (C=O) groups excluding carboxylic acids is 1. The Bertz CT molecular complexity index is 475. The molecule has 1 aliphatic carbocycles. The quantitative estimate of drug-likeness (QED) is 0.890. The van der Waals surface area contributed by atoms with Gasteiger partial charge in [-0.15, -0.1) is 12.4 Å². The van der Waals surface area contributed by atoms with E-state index in [0.717, 1.165) is 31.0 Å². The van der Waals surface area contributed by atoms with Crippen LogP contribution in [0.1, 0.15) is 47.7 Å². The molecule has 0 radical (unpaired) electrons. The predicted octanol–water partition coefficient (Wildman–Crippen LogP) is 2.63. The van der Waals surface area contributed by atoms with Gasteiger partial charge in [-0.1, -0.05) is 19.4 Å².